The molecule has 4 rings (SSSR count). The van der Waals surface area contributed by atoms with Crippen molar-refractivity contribution in [2.75, 3.05) is 45.8 Å². The standard InChI is InChI=1S/3C6H12NO.C6H8NO.Cu.H2NO3/c4*1-6-3-2-4-7(8)5-6;;2-1(3)4/h3*6H,2-5H2,1H3;2-3,5H,4H2,1H3;;(H2,2,3,4)/q4*+1;+2;+1. The third-order valence-corrected chi connectivity index (χ3v) is 5.87. The molecule has 13 heteroatoms. The molecule has 213 valence electrons. The van der Waals surface area contributed by atoms with Crippen molar-refractivity contribution >= 4 is 0 Å². The first-order chi connectivity index (χ1) is 16.9. The predicted octanol–water partition coefficient (Wildman–Crippen LogP) is 4.37. The van der Waals surface area contributed by atoms with Gasteiger partial charge in [0.1, 0.15) is 4.91 Å². The first-order valence-electron chi connectivity index (χ1n) is 12.8. The Hall–Kier alpha value is -2.40. The Labute approximate surface area is 229 Å². The first kappa shape index (κ1) is 36.8. The Bertz CT molecular complexity index is 739. The van der Waals surface area contributed by atoms with E-state index in [0.29, 0.717) is 24.3 Å². The fraction of sp³-hybridized carbons (Fsp3) is 0.833. The van der Waals surface area contributed by atoms with Crippen molar-refractivity contribution in [3.05, 3.63) is 48.5 Å². The van der Waals surface area contributed by atoms with Crippen LogP contribution in [0, 0.1) is 42.3 Å². The molecule has 37 heavy (non-hydrogen) atoms. The summed E-state index contributed by atoms with van der Waals surface area (Å²) >= 11 is 0. The molecule has 0 aromatic carbocycles. The molecule has 1 radical (unpaired) electrons. The summed E-state index contributed by atoms with van der Waals surface area (Å²) < 4.78 is 4.39. The van der Waals surface area contributed by atoms with Crippen LogP contribution in [0.5, 0.6) is 0 Å². The molecule has 2 N–H and O–H groups in total. The van der Waals surface area contributed by atoms with Crippen molar-refractivity contribution in [2.45, 2.75) is 66.2 Å². The number of hydrogen-bond acceptors (Lipinski definition) is 5. The molecule has 0 aromatic heterocycles. The van der Waals surface area contributed by atoms with E-state index in [1.807, 2.05) is 19.1 Å². The number of nitrogens with zero attached hydrogens (tertiary/aromatic N) is 5. The second-order valence-electron chi connectivity index (χ2n) is 10.0. The Morgan fingerprint density at radius 3 is 1.24 bits per heavy atom. The third-order valence-electron chi connectivity index (χ3n) is 5.87. The molecule has 0 aromatic rings. The van der Waals surface area contributed by atoms with Crippen molar-refractivity contribution in [2.24, 2.45) is 17.8 Å². The maximum atomic E-state index is 10.6. The summed E-state index contributed by atoms with van der Waals surface area (Å²) in [6, 6.07) is 0. The molecular formula is C24H46CuN5O7+7. The van der Waals surface area contributed by atoms with E-state index >= 15 is 0 Å². The zero-order valence-electron chi connectivity index (χ0n) is 22.6. The van der Waals surface area contributed by atoms with Crippen LogP contribution in [0.1, 0.15) is 66.2 Å². The quantitative estimate of drug-likeness (QED) is 0.247. The van der Waals surface area contributed by atoms with Gasteiger partial charge in [-0.1, -0.05) is 26.8 Å². The maximum Gasteiger partial charge on any atom is 2.00 e. The van der Waals surface area contributed by atoms with E-state index in [-0.39, 0.29) is 17.1 Å². The van der Waals surface area contributed by atoms with Crippen LogP contribution >= 0.6 is 0 Å². The van der Waals surface area contributed by atoms with Gasteiger partial charge in [-0.25, -0.2) is 10.4 Å². The molecule has 0 saturated carbocycles. The van der Waals surface area contributed by atoms with Gasteiger partial charge in [-0.2, -0.15) is 0 Å². The van der Waals surface area contributed by atoms with Gasteiger partial charge in [-0.3, -0.25) is 0 Å². The molecule has 3 saturated heterocycles. The molecule has 3 unspecified atom stereocenters. The minimum Gasteiger partial charge on any atom is -0.201 e. The summed E-state index contributed by atoms with van der Waals surface area (Å²) in [6.45, 7) is 13.3. The Kier molecular flexibility index (Phi) is 21.5. The van der Waals surface area contributed by atoms with E-state index < -0.39 is 5.09 Å². The van der Waals surface area contributed by atoms with Gasteiger partial charge in [0.05, 0.1) is 0 Å². The molecule has 0 amide bonds. The van der Waals surface area contributed by atoms with Crippen LogP contribution in [0.4, 0.5) is 0 Å². The van der Waals surface area contributed by atoms with E-state index in [4.69, 9.17) is 15.3 Å². The second-order valence-corrected chi connectivity index (χ2v) is 10.0. The third kappa shape index (κ3) is 23.7. The van der Waals surface area contributed by atoms with Crippen molar-refractivity contribution in [1.82, 2.24) is 0 Å². The maximum absolute atomic E-state index is 10.6. The first-order valence-corrected chi connectivity index (χ1v) is 12.8. The Morgan fingerprint density at radius 1 is 0.757 bits per heavy atom. The fourth-order valence-electron chi connectivity index (χ4n) is 4.10. The van der Waals surface area contributed by atoms with Crippen molar-refractivity contribution < 1.29 is 51.6 Å². The smallest absolute Gasteiger partial charge is 0.201 e. The average molecular weight is 580 g/mol. The molecule has 4 aliphatic rings. The molecule has 0 spiro atoms. The van der Waals surface area contributed by atoms with Gasteiger partial charge in [0.25, 0.3) is 0 Å². The summed E-state index contributed by atoms with van der Waals surface area (Å²) in [5, 5.41) is 12.5. The van der Waals surface area contributed by atoms with Crippen molar-refractivity contribution in [1.29, 1.82) is 0 Å². The number of hydrogen-bond donors (Lipinski definition) is 2. The molecule has 4 aliphatic heterocycles. The number of allylic oxidation sites excluding steroid dienone is 2. The van der Waals surface area contributed by atoms with Crippen LogP contribution in [-0.2, 0) is 17.1 Å². The van der Waals surface area contributed by atoms with Crippen LogP contribution in [0.3, 0.4) is 0 Å². The van der Waals surface area contributed by atoms with Gasteiger partial charge in [0, 0.05) is 67.0 Å². The largest absolute Gasteiger partial charge is 2.00 e. The van der Waals surface area contributed by atoms with Gasteiger partial charge in [0.15, 0.2) is 39.3 Å². The molecule has 0 bridgehead atoms. The SMILES string of the molecule is CC1=C[N+](=O)CC=C1.CC1CCC[N+](=O)C1.CC1CCC[N+](=O)C1.CC1CCC[N+](=O)C1.O=[N+](O)O.[Cu+2]. The zero-order valence-corrected chi connectivity index (χ0v) is 23.6. The second kappa shape index (κ2) is 21.7. The summed E-state index contributed by atoms with van der Waals surface area (Å²) in [4.78, 5) is 50.7. The molecule has 3 atom stereocenters. The van der Waals surface area contributed by atoms with Gasteiger partial charge >= 0.3 is 22.2 Å². The number of piperidine rings is 3. The molecule has 3 fully saturated rings. The predicted molar refractivity (Wildman–Crippen MR) is 134 cm³/mol. The molecular weight excluding hydrogens is 534 g/mol. The number of rotatable bonds is 0. The van der Waals surface area contributed by atoms with Crippen LogP contribution in [0.25, 0.3) is 0 Å². The monoisotopic (exact) mass is 579 g/mol. The van der Waals surface area contributed by atoms with Gasteiger partial charge in [-0.05, 0) is 46.5 Å². The molecule has 0 aliphatic carbocycles. The van der Waals surface area contributed by atoms with E-state index in [2.05, 4.69) is 20.8 Å². The Morgan fingerprint density at radius 2 is 1.08 bits per heavy atom. The van der Waals surface area contributed by atoms with Gasteiger partial charge < -0.3 is 0 Å². The summed E-state index contributed by atoms with van der Waals surface area (Å²) in [5.74, 6) is 1.88. The zero-order chi connectivity index (χ0) is 27.5. The average Bonchev–Trinajstić information content (AvgIpc) is 2.74. The summed E-state index contributed by atoms with van der Waals surface area (Å²) in [6.07, 6.45) is 12.3. The number of nitroso groups, excluding NO2 is 4. The minimum atomic E-state index is -1.25. The fourth-order valence-corrected chi connectivity index (χ4v) is 4.10. The molecule has 12 nitrogen and oxygen atoms in total. The summed E-state index contributed by atoms with van der Waals surface area (Å²) in [7, 11) is 0. The van der Waals surface area contributed by atoms with Crippen LogP contribution in [-0.4, -0.2) is 80.4 Å². The van der Waals surface area contributed by atoms with Crippen LogP contribution in [0.2, 0.25) is 0 Å². The van der Waals surface area contributed by atoms with Crippen LogP contribution in [0.15, 0.2) is 23.9 Å². The van der Waals surface area contributed by atoms with Gasteiger partial charge in [-0.15, -0.1) is 0 Å². The summed E-state index contributed by atoms with van der Waals surface area (Å²) in [5.41, 5.74) is 1.02. The van der Waals surface area contributed by atoms with E-state index in [9.17, 15) is 19.6 Å². The van der Waals surface area contributed by atoms with Crippen molar-refractivity contribution in [3.8, 4) is 0 Å². The molecule has 4 heterocycles. The van der Waals surface area contributed by atoms with Crippen LogP contribution < -0.4 is 0 Å². The van der Waals surface area contributed by atoms with E-state index in [0.717, 1.165) is 83.1 Å². The van der Waals surface area contributed by atoms with E-state index in [1.165, 1.54) is 19.3 Å². The Balaban J connectivity index is 0. The van der Waals surface area contributed by atoms with Gasteiger partial charge in [0.2, 0.25) is 12.7 Å². The van der Waals surface area contributed by atoms with E-state index in [1.54, 1.807) is 6.20 Å². The topological polar surface area (TPSA) is 141 Å². The minimum absolute atomic E-state index is 0. The normalized spacial score (nSPS) is 24.5. The van der Waals surface area contributed by atoms with Crippen molar-refractivity contribution in [3.63, 3.8) is 0 Å².